The van der Waals surface area contributed by atoms with Gasteiger partial charge in [-0.15, -0.1) is 0 Å². The maximum atomic E-state index is 9.53. The van der Waals surface area contributed by atoms with Crippen LogP contribution in [0.5, 0.6) is 0 Å². The van der Waals surface area contributed by atoms with E-state index in [4.69, 9.17) is 0 Å². The number of thiophene rings is 1. The first-order valence-electron chi connectivity index (χ1n) is 5.44. The Hall–Kier alpha value is -0.460. The lowest BCUT2D eigenvalue weighted by atomic mass is 10.0. The second-order valence-corrected chi connectivity index (χ2v) is 5.05. The fraction of sp³-hybridized carbons (Fsp3) is 0.636. The lowest BCUT2D eigenvalue weighted by Crippen LogP contribution is -2.55. The first-order chi connectivity index (χ1) is 7.66. The van der Waals surface area contributed by atoms with Crippen LogP contribution in [0.25, 0.3) is 0 Å². The smallest absolute Gasteiger partial charge is 0.108 e. The molecule has 0 spiro atoms. The highest BCUT2D eigenvalue weighted by atomic mass is 32.1. The van der Waals surface area contributed by atoms with Gasteiger partial charge in [0.25, 0.3) is 0 Å². The highest BCUT2D eigenvalue weighted by Crippen LogP contribution is 2.13. The lowest BCUT2D eigenvalue weighted by Gasteiger charge is -2.36. The van der Waals surface area contributed by atoms with Gasteiger partial charge in [0.15, 0.2) is 0 Å². The first-order valence-corrected chi connectivity index (χ1v) is 6.38. The molecule has 16 heavy (non-hydrogen) atoms. The molecule has 3 atom stereocenters. The maximum Gasteiger partial charge on any atom is 0.108 e. The van der Waals surface area contributed by atoms with Crippen LogP contribution < -0.4 is 0 Å². The Kier molecular flexibility index (Phi) is 3.94. The van der Waals surface area contributed by atoms with Crippen molar-refractivity contribution in [3.05, 3.63) is 22.4 Å². The van der Waals surface area contributed by atoms with Crippen LogP contribution in [0, 0.1) is 0 Å². The zero-order chi connectivity index (χ0) is 11.5. The van der Waals surface area contributed by atoms with Gasteiger partial charge in [0.2, 0.25) is 0 Å². The van der Waals surface area contributed by atoms with Crippen LogP contribution in [-0.2, 0) is 6.42 Å². The molecule has 1 aliphatic rings. The SMILES string of the molecule is OC1[C@H](O)CN(CCc2ccsc2)C[C@@H]1O. The molecule has 0 amide bonds. The minimum Gasteiger partial charge on any atom is -0.389 e. The predicted octanol–water partition coefficient (Wildman–Crippen LogP) is -0.311. The third-order valence-corrected chi connectivity index (χ3v) is 3.71. The van der Waals surface area contributed by atoms with Crippen LogP contribution in [-0.4, -0.2) is 58.2 Å². The lowest BCUT2D eigenvalue weighted by molar-refractivity contribution is -0.109. The number of aliphatic hydroxyl groups is 3. The Morgan fingerprint density at radius 2 is 1.94 bits per heavy atom. The molecule has 5 heteroatoms. The molecule has 0 bridgehead atoms. The number of hydrogen-bond acceptors (Lipinski definition) is 5. The van der Waals surface area contributed by atoms with E-state index in [0.29, 0.717) is 13.1 Å². The molecule has 1 aromatic heterocycles. The van der Waals surface area contributed by atoms with Crippen LogP contribution in [0.4, 0.5) is 0 Å². The van der Waals surface area contributed by atoms with Gasteiger partial charge < -0.3 is 15.3 Å². The second kappa shape index (κ2) is 5.25. The van der Waals surface area contributed by atoms with Crippen molar-refractivity contribution in [2.45, 2.75) is 24.7 Å². The van der Waals surface area contributed by atoms with E-state index in [2.05, 4.69) is 11.4 Å². The summed E-state index contributed by atoms with van der Waals surface area (Å²) in [4.78, 5) is 1.99. The third kappa shape index (κ3) is 2.81. The molecule has 1 fully saturated rings. The summed E-state index contributed by atoms with van der Waals surface area (Å²) in [6.45, 7) is 1.67. The molecule has 1 unspecified atom stereocenters. The van der Waals surface area contributed by atoms with Gasteiger partial charge in [-0.2, -0.15) is 11.3 Å². The second-order valence-electron chi connectivity index (χ2n) is 4.27. The first kappa shape index (κ1) is 12.0. The van der Waals surface area contributed by atoms with Gasteiger partial charge in [0.05, 0.1) is 12.2 Å². The number of likely N-dealkylation sites (tertiary alicyclic amines) is 1. The summed E-state index contributed by atoms with van der Waals surface area (Å²) in [5.41, 5.74) is 1.28. The van der Waals surface area contributed by atoms with E-state index < -0.39 is 18.3 Å². The van der Waals surface area contributed by atoms with Crippen LogP contribution in [0.2, 0.25) is 0 Å². The topological polar surface area (TPSA) is 63.9 Å². The van der Waals surface area contributed by atoms with Gasteiger partial charge in [0.1, 0.15) is 6.10 Å². The summed E-state index contributed by atoms with van der Waals surface area (Å²) in [5.74, 6) is 0. The average molecular weight is 243 g/mol. The third-order valence-electron chi connectivity index (χ3n) is 2.98. The Morgan fingerprint density at radius 1 is 1.25 bits per heavy atom. The fourth-order valence-electron chi connectivity index (χ4n) is 1.98. The molecule has 0 aliphatic carbocycles. The number of nitrogens with zero attached hydrogens (tertiary/aromatic N) is 1. The number of rotatable bonds is 3. The largest absolute Gasteiger partial charge is 0.389 e. The summed E-state index contributed by atoms with van der Waals surface area (Å²) in [7, 11) is 0. The highest BCUT2D eigenvalue weighted by Gasteiger charge is 2.32. The van der Waals surface area contributed by atoms with Gasteiger partial charge in [0, 0.05) is 19.6 Å². The van der Waals surface area contributed by atoms with Crippen molar-refractivity contribution in [1.29, 1.82) is 0 Å². The monoisotopic (exact) mass is 243 g/mol. The Bertz CT molecular complexity index is 305. The quantitative estimate of drug-likeness (QED) is 0.681. The molecule has 3 N–H and O–H groups in total. The van der Waals surface area contributed by atoms with E-state index in [1.165, 1.54) is 5.56 Å². The molecular weight excluding hydrogens is 226 g/mol. The van der Waals surface area contributed by atoms with E-state index in [-0.39, 0.29) is 0 Å². The van der Waals surface area contributed by atoms with Crippen molar-refractivity contribution in [3.63, 3.8) is 0 Å². The normalized spacial score (nSPS) is 31.8. The van der Waals surface area contributed by atoms with E-state index in [9.17, 15) is 15.3 Å². The van der Waals surface area contributed by atoms with Crippen LogP contribution >= 0.6 is 11.3 Å². The minimum atomic E-state index is -1.00. The Labute approximate surface area is 98.8 Å². The van der Waals surface area contributed by atoms with Gasteiger partial charge in [-0.3, -0.25) is 4.90 Å². The Morgan fingerprint density at radius 3 is 2.50 bits per heavy atom. The van der Waals surface area contributed by atoms with Crippen molar-refractivity contribution in [2.75, 3.05) is 19.6 Å². The van der Waals surface area contributed by atoms with E-state index in [1.807, 2.05) is 10.3 Å². The van der Waals surface area contributed by atoms with Crippen LogP contribution in [0.15, 0.2) is 16.8 Å². The van der Waals surface area contributed by atoms with E-state index in [1.54, 1.807) is 11.3 Å². The number of hydrogen-bond donors (Lipinski definition) is 3. The van der Waals surface area contributed by atoms with Gasteiger partial charge in [-0.05, 0) is 28.8 Å². The summed E-state index contributed by atoms with van der Waals surface area (Å²) in [6.07, 6.45) is -1.77. The van der Waals surface area contributed by atoms with E-state index in [0.717, 1.165) is 13.0 Å². The zero-order valence-electron chi connectivity index (χ0n) is 8.99. The zero-order valence-corrected chi connectivity index (χ0v) is 9.81. The number of aliphatic hydroxyl groups excluding tert-OH is 3. The highest BCUT2D eigenvalue weighted by molar-refractivity contribution is 7.07. The van der Waals surface area contributed by atoms with Crippen molar-refractivity contribution >= 4 is 11.3 Å². The van der Waals surface area contributed by atoms with Crippen molar-refractivity contribution in [3.8, 4) is 0 Å². The van der Waals surface area contributed by atoms with Gasteiger partial charge in [-0.25, -0.2) is 0 Å². The van der Waals surface area contributed by atoms with E-state index >= 15 is 0 Å². The molecule has 2 rings (SSSR count). The number of β-amino-alcohol motifs (C(OH)–C–C–N with tert-alkyl or cyclic N) is 2. The molecule has 0 aromatic carbocycles. The molecule has 4 nitrogen and oxygen atoms in total. The molecule has 1 aromatic rings. The summed E-state index contributed by atoms with van der Waals surface area (Å²) >= 11 is 1.67. The summed E-state index contributed by atoms with van der Waals surface area (Å²) in [5, 5.41) is 32.6. The van der Waals surface area contributed by atoms with Crippen molar-refractivity contribution in [2.24, 2.45) is 0 Å². The van der Waals surface area contributed by atoms with Crippen molar-refractivity contribution in [1.82, 2.24) is 4.90 Å². The molecule has 0 radical (unpaired) electrons. The molecule has 1 aliphatic heterocycles. The molecule has 90 valence electrons. The molecule has 1 saturated heterocycles. The standard InChI is InChI=1S/C11H17NO3S/c13-9-5-12(6-10(14)11(9)15)3-1-8-2-4-16-7-8/h2,4,7,9-11,13-15H,1,3,5-6H2/t9-,10+,11?. The van der Waals surface area contributed by atoms with Crippen molar-refractivity contribution < 1.29 is 15.3 Å². The van der Waals surface area contributed by atoms with Crippen LogP contribution in [0.1, 0.15) is 5.56 Å². The fourth-order valence-corrected chi connectivity index (χ4v) is 2.68. The van der Waals surface area contributed by atoms with Gasteiger partial charge >= 0.3 is 0 Å². The summed E-state index contributed by atoms with van der Waals surface area (Å²) < 4.78 is 0. The average Bonchev–Trinajstić information content (AvgIpc) is 2.75. The number of piperidine rings is 1. The molecular formula is C11H17NO3S. The van der Waals surface area contributed by atoms with Gasteiger partial charge in [-0.1, -0.05) is 0 Å². The van der Waals surface area contributed by atoms with Crippen LogP contribution in [0.3, 0.4) is 0 Å². The summed E-state index contributed by atoms with van der Waals surface area (Å²) in [6, 6.07) is 2.08. The Balaban J connectivity index is 1.82. The maximum absolute atomic E-state index is 9.53. The molecule has 0 saturated carbocycles. The molecule has 2 heterocycles. The predicted molar refractivity (Wildman–Crippen MR) is 62.5 cm³/mol. The minimum absolute atomic E-state index is 0.433.